The summed E-state index contributed by atoms with van der Waals surface area (Å²) < 4.78 is 0. The average molecular weight is 152 g/mol. The van der Waals surface area contributed by atoms with E-state index in [-0.39, 0.29) is 0 Å². The SMILES string of the molecule is CN1CCC23CCN2CCC13. The van der Waals surface area contributed by atoms with E-state index >= 15 is 0 Å². The molecule has 0 bridgehead atoms. The van der Waals surface area contributed by atoms with Crippen molar-refractivity contribution in [1.82, 2.24) is 9.80 Å². The van der Waals surface area contributed by atoms with Gasteiger partial charge >= 0.3 is 0 Å². The minimum absolute atomic E-state index is 0.675. The summed E-state index contributed by atoms with van der Waals surface area (Å²) in [6.07, 6.45) is 4.34. The Balaban J connectivity index is 1.95. The molecule has 3 saturated heterocycles. The minimum Gasteiger partial charge on any atom is -0.301 e. The Hall–Kier alpha value is -0.0800. The summed E-state index contributed by atoms with van der Waals surface area (Å²) in [6.45, 7) is 4.08. The zero-order valence-corrected chi connectivity index (χ0v) is 7.21. The zero-order valence-electron chi connectivity index (χ0n) is 7.21. The van der Waals surface area contributed by atoms with Crippen LogP contribution in [0.5, 0.6) is 0 Å². The molecule has 0 aliphatic carbocycles. The molecule has 0 amide bonds. The van der Waals surface area contributed by atoms with E-state index in [4.69, 9.17) is 0 Å². The molecule has 3 heterocycles. The van der Waals surface area contributed by atoms with Gasteiger partial charge in [-0.05, 0) is 26.3 Å². The largest absolute Gasteiger partial charge is 0.301 e. The summed E-state index contributed by atoms with van der Waals surface area (Å²) in [7, 11) is 2.29. The van der Waals surface area contributed by atoms with E-state index in [2.05, 4.69) is 16.8 Å². The molecule has 3 fully saturated rings. The van der Waals surface area contributed by atoms with Crippen LogP contribution in [0.3, 0.4) is 0 Å². The van der Waals surface area contributed by atoms with Crippen molar-refractivity contribution in [2.75, 3.05) is 26.7 Å². The molecule has 0 aromatic rings. The van der Waals surface area contributed by atoms with Crippen molar-refractivity contribution in [3.8, 4) is 0 Å². The third kappa shape index (κ3) is 0.574. The molecule has 3 aliphatic rings. The third-order valence-electron chi connectivity index (χ3n) is 4.17. The van der Waals surface area contributed by atoms with Crippen LogP contribution in [0.25, 0.3) is 0 Å². The van der Waals surface area contributed by atoms with Gasteiger partial charge in [0.05, 0.1) is 0 Å². The molecule has 0 saturated carbocycles. The Kier molecular flexibility index (Phi) is 1.06. The summed E-state index contributed by atoms with van der Waals surface area (Å²) in [5.41, 5.74) is 0.675. The maximum absolute atomic E-state index is 2.71. The van der Waals surface area contributed by atoms with Crippen molar-refractivity contribution >= 4 is 0 Å². The van der Waals surface area contributed by atoms with Crippen molar-refractivity contribution < 1.29 is 0 Å². The van der Waals surface area contributed by atoms with Crippen LogP contribution in [0, 0.1) is 0 Å². The Labute approximate surface area is 68.2 Å². The second-order valence-corrected chi connectivity index (χ2v) is 4.38. The van der Waals surface area contributed by atoms with Gasteiger partial charge in [-0.1, -0.05) is 0 Å². The van der Waals surface area contributed by atoms with E-state index in [1.165, 1.54) is 38.9 Å². The van der Waals surface area contributed by atoms with E-state index in [0.29, 0.717) is 5.54 Å². The quantitative estimate of drug-likeness (QED) is 0.500. The Morgan fingerprint density at radius 1 is 1.18 bits per heavy atom. The molecule has 1 spiro atoms. The Morgan fingerprint density at radius 2 is 2.00 bits per heavy atom. The second kappa shape index (κ2) is 1.80. The number of nitrogens with zero attached hydrogens (tertiary/aromatic N) is 2. The zero-order chi connectivity index (χ0) is 7.47. The van der Waals surface area contributed by atoms with E-state index in [1.54, 1.807) is 0 Å². The molecule has 0 N–H and O–H groups in total. The summed E-state index contributed by atoms with van der Waals surface area (Å²) in [5, 5.41) is 0. The first-order valence-corrected chi connectivity index (χ1v) is 4.78. The van der Waals surface area contributed by atoms with Gasteiger partial charge in [0, 0.05) is 31.2 Å². The lowest BCUT2D eigenvalue weighted by molar-refractivity contribution is 0.0196. The molecule has 3 aliphatic heterocycles. The lowest BCUT2D eigenvalue weighted by atomic mass is 9.81. The van der Waals surface area contributed by atoms with Gasteiger partial charge < -0.3 is 4.90 Å². The van der Waals surface area contributed by atoms with Crippen molar-refractivity contribution in [2.24, 2.45) is 0 Å². The lowest BCUT2D eigenvalue weighted by Crippen LogP contribution is -2.59. The van der Waals surface area contributed by atoms with Crippen molar-refractivity contribution in [3.05, 3.63) is 0 Å². The van der Waals surface area contributed by atoms with Crippen molar-refractivity contribution in [2.45, 2.75) is 30.8 Å². The van der Waals surface area contributed by atoms with Crippen LogP contribution >= 0.6 is 0 Å². The molecular weight excluding hydrogens is 136 g/mol. The molecule has 2 heteroatoms. The molecule has 62 valence electrons. The van der Waals surface area contributed by atoms with Crippen LogP contribution in [-0.2, 0) is 0 Å². The average Bonchev–Trinajstić information content (AvgIpc) is 2.39. The van der Waals surface area contributed by atoms with Gasteiger partial charge in [-0.3, -0.25) is 4.90 Å². The van der Waals surface area contributed by atoms with Crippen molar-refractivity contribution in [1.29, 1.82) is 0 Å². The van der Waals surface area contributed by atoms with Crippen LogP contribution < -0.4 is 0 Å². The van der Waals surface area contributed by atoms with Gasteiger partial charge in [0.15, 0.2) is 0 Å². The van der Waals surface area contributed by atoms with Crippen LogP contribution in [0.1, 0.15) is 19.3 Å². The van der Waals surface area contributed by atoms with Gasteiger partial charge in [-0.2, -0.15) is 0 Å². The molecule has 2 unspecified atom stereocenters. The highest BCUT2D eigenvalue weighted by Crippen LogP contribution is 2.48. The van der Waals surface area contributed by atoms with Crippen molar-refractivity contribution in [3.63, 3.8) is 0 Å². The van der Waals surface area contributed by atoms with Crippen LogP contribution in [-0.4, -0.2) is 48.1 Å². The van der Waals surface area contributed by atoms with Gasteiger partial charge in [0.2, 0.25) is 0 Å². The van der Waals surface area contributed by atoms with Gasteiger partial charge in [-0.15, -0.1) is 0 Å². The first-order chi connectivity index (χ1) is 5.33. The van der Waals surface area contributed by atoms with Gasteiger partial charge in [0.25, 0.3) is 0 Å². The minimum atomic E-state index is 0.675. The number of likely N-dealkylation sites (tertiary alicyclic amines) is 1. The van der Waals surface area contributed by atoms with E-state index in [0.717, 1.165) is 6.04 Å². The Bertz CT molecular complexity index is 192. The molecule has 0 aromatic carbocycles. The summed E-state index contributed by atoms with van der Waals surface area (Å²) in [6, 6.07) is 0.913. The normalized spacial score (nSPS) is 50.5. The van der Waals surface area contributed by atoms with E-state index in [9.17, 15) is 0 Å². The summed E-state index contributed by atoms with van der Waals surface area (Å²) >= 11 is 0. The number of hydrogen-bond acceptors (Lipinski definition) is 2. The fourth-order valence-electron chi connectivity index (χ4n) is 3.42. The maximum atomic E-state index is 2.71. The predicted octanol–water partition coefficient (Wildman–Crippen LogP) is 0.539. The fourth-order valence-corrected chi connectivity index (χ4v) is 3.42. The maximum Gasteiger partial charge on any atom is 0.0389 e. The van der Waals surface area contributed by atoms with Crippen LogP contribution in [0.4, 0.5) is 0 Å². The highest BCUT2D eigenvalue weighted by Gasteiger charge is 2.58. The van der Waals surface area contributed by atoms with E-state index < -0.39 is 0 Å². The second-order valence-electron chi connectivity index (χ2n) is 4.38. The van der Waals surface area contributed by atoms with Gasteiger partial charge in [-0.25, -0.2) is 0 Å². The highest BCUT2D eigenvalue weighted by atomic mass is 15.4. The lowest BCUT2D eigenvalue weighted by Gasteiger charge is -2.48. The molecule has 0 aromatic heterocycles. The molecule has 2 atom stereocenters. The van der Waals surface area contributed by atoms with E-state index in [1.807, 2.05) is 0 Å². The molecule has 2 nitrogen and oxygen atoms in total. The van der Waals surface area contributed by atoms with Gasteiger partial charge in [0.1, 0.15) is 0 Å². The number of hydrogen-bond donors (Lipinski definition) is 0. The molecular formula is C9H16N2. The summed E-state index contributed by atoms with van der Waals surface area (Å²) in [5.74, 6) is 0. The first kappa shape index (κ1) is 6.44. The molecule has 11 heavy (non-hydrogen) atoms. The molecule has 0 radical (unpaired) electrons. The number of rotatable bonds is 0. The number of likely N-dealkylation sites (N-methyl/N-ethyl adjacent to an activating group) is 1. The highest BCUT2D eigenvalue weighted by molar-refractivity contribution is 5.15. The summed E-state index contributed by atoms with van der Waals surface area (Å²) in [4.78, 5) is 5.28. The first-order valence-electron chi connectivity index (χ1n) is 4.78. The van der Waals surface area contributed by atoms with Crippen LogP contribution in [0.15, 0.2) is 0 Å². The monoisotopic (exact) mass is 152 g/mol. The molecule has 3 rings (SSSR count). The predicted molar refractivity (Wildman–Crippen MR) is 44.6 cm³/mol. The smallest absolute Gasteiger partial charge is 0.0389 e. The standard InChI is InChI=1S/C9H16N2/c1-10-6-3-9-4-7-11(9)5-2-8(9)10/h8H,2-7H2,1H3. The van der Waals surface area contributed by atoms with Crippen LogP contribution in [0.2, 0.25) is 0 Å². The fraction of sp³-hybridized carbons (Fsp3) is 1.00. The Morgan fingerprint density at radius 3 is 2.64 bits per heavy atom. The topological polar surface area (TPSA) is 6.48 Å². The third-order valence-corrected chi connectivity index (χ3v) is 4.17.